The third kappa shape index (κ3) is 11.4. The van der Waals surface area contributed by atoms with E-state index in [1.165, 1.54) is 50.4 Å². The van der Waals surface area contributed by atoms with Crippen molar-refractivity contribution in [3.05, 3.63) is 199 Å². The number of likely N-dealkylation sites (tertiary alicyclic amines) is 5. The highest BCUT2D eigenvalue weighted by molar-refractivity contribution is 5.68. The van der Waals surface area contributed by atoms with Crippen molar-refractivity contribution in [3.63, 3.8) is 0 Å². The van der Waals surface area contributed by atoms with Gasteiger partial charge in [0.1, 0.15) is 107 Å². The molecule has 10 aliphatic heterocycles. The second-order valence-corrected chi connectivity index (χ2v) is 38.8. The molecular weight excluding hydrogens is 1620 g/mol. The fourth-order valence-corrected chi connectivity index (χ4v) is 29.0. The largest absolute Gasteiger partial charge is 1.00 e. The van der Waals surface area contributed by atoms with Crippen LogP contribution in [0.4, 0.5) is 0 Å². The third-order valence-electron chi connectivity index (χ3n) is 34.2. The van der Waals surface area contributed by atoms with Crippen LogP contribution in [0.1, 0.15) is 145 Å². The minimum atomic E-state index is -0.996. The van der Waals surface area contributed by atoms with E-state index in [-0.39, 0.29) is 147 Å². The van der Waals surface area contributed by atoms with Crippen molar-refractivity contribution in [2.24, 2.45) is 11.8 Å². The minimum absolute atomic E-state index is 0. The molecular formula is C99H125Cl2N5O18. The topological polar surface area (TPSA) is 273 Å². The highest BCUT2D eigenvalue weighted by Crippen LogP contribution is 2.69. The molecule has 5 fully saturated rings. The fourth-order valence-electron chi connectivity index (χ4n) is 29.0. The van der Waals surface area contributed by atoms with Crippen LogP contribution in [-0.4, -0.2) is 265 Å². The van der Waals surface area contributed by atoms with Crippen molar-refractivity contribution in [3.8, 4) is 34.5 Å². The van der Waals surface area contributed by atoms with E-state index in [0.29, 0.717) is 62.7 Å². The number of halogens is 2. The average molecular weight is 1740 g/mol. The summed E-state index contributed by atoms with van der Waals surface area (Å²) in [5.41, 5.74) is 11.6. The first-order valence-electron chi connectivity index (χ1n) is 45.7. The number of nitrogens with one attached hydrogen (secondary N) is 2. The normalized spacial score (nSPS) is 40.4. The van der Waals surface area contributed by atoms with Crippen molar-refractivity contribution in [1.82, 2.24) is 14.7 Å². The van der Waals surface area contributed by atoms with Crippen molar-refractivity contribution in [2.45, 2.75) is 260 Å². The number of likely N-dealkylation sites (N-methyl/N-ethyl adjacent to an activating group) is 5. The highest BCUT2D eigenvalue weighted by Gasteiger charge is 2.77. The van der Waals surface area contributed by atoms with E-state index in [2.05, 4.69) is 105 Å². The number of rotatable bonds is 14. The Morgan fingerprint density at radius 2 is 0.742 bits per heavy atom. The lowest BCUT2D eigenvalue weighted by Gasteiger charge is -2.61. The molecule has 124 heavy (non-hydrogen) atoms. The number of aliphatic hydroxyl groups is 7. The molecule has 0 amide bonds. The maximum absolute atomic E-state index is 11.9. The van der Waals surface area contributed by atoms with Gasteiger partial charge in [0.05, 0.1) is 81.3 Å². The standard InChI is InChI=1S/2C20H25NO4.2C20H25NO3.C19H23NO4.2ClH/c2*1-3-24-14-6-7-20(23)15-10-12-4-5-13(11-22)17-16(12)19(20,18(14)25-17)8-9-21(15)2;2*1-3-23-16-7-6-14-15-10-12-4-5-13(11-22)18-17(12)20(14,19(16)24-18)8-9-21(15)2;1-3-23-13-6-7-19(22)14-10-11-4-5-12(21)16-15(11)18(19,17(13)24-16)8-9-20(14)2;;/h2*4-7,14-15,18,22-23H,3,8-11H2,1-2H3;2*4-7,14-16,19,22H,3,8-11H2,1-2H3;4-7,13-14,17,21-22H,3,8-10H2,1-2H3;2*1H/t2*14-,15?,18?,19-,20+;2*14?,15?,16-,19?,20-;13-,14?,17?,18-,19+;;/m00000../s1. The summed E-state index contributed by atoms with van der Waals surface area (Å²) in [5, 5.41) is 85.3. The van der Waals surface area contributed by atoms with Crippen LogP contribution in [0.5, 0.6) is 34.5 Å². The van der Waals surface area contributed by atoms with Gasteiger partial charge in [-0.05, 0) is 154 Å². The Labute approximate surface area is 740 Å². The summed E-state index contributed by atoms with van der Waals surface area (Å²) in [6.45, 7) is 18.3. The molecule has 10 heterocycles. The molecule has 668 valence electrons. The molecule has 23 nitrogen and oxygen atoms in total. The van der Waals surface area contributed by atoms with Crippen LogP contribution in [0.25, 0.3) is 0 Å². The van der Waals surface area contributed by atoms with Crippen LogP contribution in [-0.2, 0) is 109 Å². The van der Waals surface area contributed by atoms with Crippen LogP contribution in [0.15, 0.2) is 121 Å². The predicted molar refractivity (Wildman–Crippen MR) is 455 cm³/mol. The molecule has 10 aliphatic carbocycles. The molecule has 0 aromatic heterocycles. The quantitative estimate of drug-likeness (QED) is 0.0590. The monoisotopic (exact) mass is 1740 g/mol. The van der Waals surface area contributed by atoms with Crippen molar-refractivity contribution in [1.29, 1.82) is 0 Å². The van der Waals surface area contributed by atoms with Gasteiger partial charge in [0.2, 0.25) is 0 Å². The zero-order valence-electron chi connectivity index (χ0n) is 73.1. The number of hydrogen-bond donors (Lipinski definition) is 10. The summed E-state index contributed by atoms with van der Waals surface area (Å²) in [4.78, 5) is 10.0. The van der Waals surface area contributed by atoms with E-state index < -0.39 is 33.0 Å². The van der Waals surface area contributed by atoms with Gasteiger partial charge in [-0.15, -0.1) is 0 Å². The Bertz CT molecular complexity index is 4920. The Hall–Kier alpha value is -6.50. The van der Waals surface area contributed by atoms with E-state index in [1.54, 1.807) is 11.0 Å². The predicted octanol–water partition coefficient (Wildman–Crippen LogP) is -1.12. The molecule has 5 spiro atoms. The second kappa shape index (κ2) is 31.7. The van der Waals surface area contributed by atoms with Gasteiger partial charge in [0, 0.05) is 144 Å². The average Bonchev–Trinajstić information content (AvgIpc) is 1.58. The number of benzene rings is 5. The van der Waals surface area contributed by atoms with E-state index in [9.17, 15) is 40.9 Å². The fraction of sp³-hybridized carbons (Fsp3) is 0.596. The molecule has 20 aliphatic rings. The summed E-state index contributed by atoms with van der Waals surface area (Å²) in [6.07, 6.45) is 29.1. The van der Waals surface area contributed by atoms with Crippen LogP contribution in [0, 0.1) is 11.8 Å². The number of piperidine rings is 5. The summed E-state index contributed by atoms with van der Waals surface area (Å²) in [7, 11) is 10.9. The lowest BCUT2D eigenvalue weighted by atomic mass is 9.50. The van der Waals surface area contributed by atoms with E-state index >= 15 is 0 Å². The lowest BCUT2D eigenvalue weighted by molar-refractivity contribution is -0.922. The van der Waals surface area contributed by atoms with Gasteiger partial charge >= 0.3 is 0 Å². The number of aliphatic hydroxyl groups excluding tert-OH is 4. The highest BCUT2D eigenvalue weighted by atomic mass is 35.5. The van der Waals surface area contributed by atoms with Crippen LogP contribution >= 0.6 is 0 Å². The van der Waals surface area contributed by atoms with Gasteiger partial charge in [0.25, 0.3) is 0 Å². The first-order valence-corrected chi connectivity index (χ1v) is 45.7. The first-order chi connectivity index (χ1) is 59.1. The van der Waals surface area contributed by atoms with Crippen LogP contribution in [0.2, 0.25) is 0 Å². The minimum Gasteiger partial charge on any atom is -1.00 e. The molecule has 25 rings (SSSR count). The number of quaternary nitrogens is 2. The lowest BCUT2D eigenvalue weighted by Crippen LogP contribution is -3.19. The molecule has 5 aromatic rings. The number of phenolic OH excluding ortho intramolecular Hbond substituents is 1. The molecule has 0 saturated carbocycles. The molecule has 5 aromatic carbocycles. The van der Waals surface area contributed by atoms with Crippen LogP contribution in [0.3, 0.4) is 0 Å². The van der Waals surface area contributed by atoms with Gasteiger partial charge in [0.15, 0.2) is 11.5 Å². The van der Waals surface area contributed by atoms with Crippen molar-refractivity contribution in [2.75, 3.05) is 101 Å². The van der Waals surface area contributed by atoms with Gasteiger partial charge < -0.3 is 128 Å². The number of aromatic hydroxyl groups is 1. The molecule has 27 atom stereocenters. The molecule has 0 radical (unpaired) electrons. The van der Waals surface area contributed by atoms with Gasteiger partial charge in [-0.25, -0.2) is 0 Å². The number of phenols is 1. The number of ether oxygens (including phenoxy) is 10. The first kappa shape index (κ1) is 86.9. The molecule has 14 unspecified atom stereocenters. The summed E-state index contributed by atoms with van der Waals surface area (Å²) >= 11 is 0. The number of nitrogens with zero attached hydrogens (tertiary/aromatic N) is 3. The maximum Gasteiger partial charge on any atom is 0.165 e. The Kier molecular flexibility index (Phi) is 22.2. The number of hydrogen-bond acceptors (Lipinski definition) is 21. The van der Waals surface area contributed by atoms with Gasteiger partial charge in [-0.3, -0.25) is 9.80 Å². The molecule has 25 heteroatoms. The summed E-state index contributed by atoms with van der Waals surface area (Å²) in [6, 6.07) is 21.7. The van der Waals surface area contributed by atoms with Gasteiger partial charge in [-0.2, -0.15) is 0 Å². The second-order valence-electron chi connectivity index (χ2n) is 38.8. The zero-order valence-corrected chi connectivity index (χ0v) is 74.6. The molecule has 10 bridgehead atoms. The Morgan fingerprint density at radius 3 is 1.21 bits per heavy atom. The molecule has 10 N–H and O–H groups in total. The van der Waals surface area contributed by atoms with Crippen molar-refractivity contribution >= 4 is 0 Å². The van der Waals surface area contributed by atoms with Crippen molar-refractivity contribution < 1.29 is 123 Å². The van der Waals surface area contributed by atoms with E-state index in [0.717, 1.165) is 152 Å². The Morgan fingerprint density at radius 1 is 0.379 bits per heavy atom. The maximum atomic E-state index is 11.9. The summed E-state index contributed by atoms with van der Waals surface area (Å²) in [5.74, 6) is 5.16. The SMILES string of the molecule is CCO[C@H]1C=CC2C3Cc4ccc(CO)c5c4[C@@]2(CCN3C)C1O5.CCO[C@H]1C=CC2C3Cc4ccc(CO)c5c4[C@@]2(CC[NH+]3C)C1O5.CCO[C@H]1C=C[C@@]2(O)C3Cc4ccc(CO)c5c4[C@@]2(CCN3C)C1O5.CCO[C@H]1C=C[C@@]2(O)C3Cc4ccc(CO)c5c4[C@@]2(CC[NH+]3C)C1O5.CCO[C@H]1C=C[C@@]2(O)C3Cc4ccc(O)c5c4[C@@]2(CCN3C)C1O5.[Cl-].[Cl-]. The van der Waals surface area contributed by atoms with E-state index in [1.807, 2.05) is 95.3 Å². The van der Waals surface area contributed by atoms with E-state index in [4.69, 9.17) is 47.4 Å². The zero-order chi connectivity index (χ0) is 84.4. The Balaban J connectivity index is 0.000000101. The molecule has 5 saturated heterocycles. The summed E-state index contributed by atoms with van der Waals surface area (Å²) < 4.78 is 62.2. The van der Waals surface area contributed by atoms with Crippen LogP contribution < -0.4 is 58.3 Å². The third-order valence-corrected chi connectivity index (χ3v) is 34.2. The van der Waals surface area contributed by atoms with Gasteiger partial charge in [-0.1, -0.05) is 109 Å². The smallest absolute Gasteiger partial charge is 0.165 e.